The van der Waals surface area contributed by atoms with Crippen molar-refractivity contribution in [2.24, 2.45) is 11.3 Å². The molecule has 3 aliphatic rings. The summed E-state index contributed by atoms with van der Waals surface area (Å²) in [4.78, 5) is 14.4. The number of nitrogens with zero attached hydrogens (tertiary/aromatic N) is 1. The van der Waals surface area contributed by atoms with E-state index in [1.807, 2.05) is 17.0 Å². The van der Waals surface area contributed by atoms with Crippen molar-refractivity contribution in [2.45, 2.75) is 63.9 Å². The Kier molecular flexibility index (Phi) is 4.14. The first kappa shape index (κ1) is 17.9. The lowest BCUT2D eigenvalue weighted by molar-refractivity contribution is -0.161. The van der Waals surface area contributed by atoms with Gasteiger partial charge in [0.15, 0.2) is 0 Å². The van der Waals surface area contributed by atoms with Gasteiger partial charge in [0.1, 0.15) is 0 Å². The SMILES string of the molecule is Cc1cc(C2CCC3(C2)CN(C(=O)C2CC(C)(O)C2)C3)ccc1C(F)F. The summed E-state index contributed by atoms with van der Waals surface area (Å²) in [5.41, 5.74) is 1.49. The van der Waals surface area contributed by atoms with E-state index in [0.29, 0.717) is 24.3 Å². The largest absolute Gasteiger partial charge is 0.390 e. The van der Waals surface area contributed by atoms with Gasteiger partial charge in [0.2, 0.25) is 5.91 Å². The van der Waals surface area contributed by atoms with Crippen LogP contribution in [0.25, 0.3) is 0 Å². The van der Waals surface area contributed by atoms with Crippen molar-refractivity contribution >= 4 is 5.91 Å². The second-order valence-electron chi connectivity index (χ2n) is 9.15. The number of hydrogen-bond donors (Lipinski definition) is 1. The Labute approximate surface area is 153 Å². The van der Waals surface area contributed by atoms with Crippen LogP contribution in [-0.2, 0) is 4.79 Å². The van der Waals surface area contributed by atoms with Crippen LogP contribution >= 0.6 is 0 Å². The molecule has 0 radical (unpaired) electrons. The predicted octanol–water partition coefficient (Wildman–Crippen LogP) is 4.19. The van der Waals surface area contributed by atoms with Gasteiger partial charge in [-0.1, -0.05) is 18.2 Å². The zero-order valence-electron chi connectivity index (χ0n) is 15.5. The summed E-state index contributed by atoms with van der Waals surface area (Å²) in [7, 11) is 0. The fraction of sp³-hybridized carbons (Fsp3) is 0.667. The number of rotatable bonds is 3. The molecule has 1 spiro atoms. The van der Waals surface area contributed by atoms with E-state index in [9.17, 15) is 18.7 Å². The number of carbonyl (C=O) groups excluding carboxylic acids is 1. The average Bonchev–Trinajstić information content (AvgIpc) is 2.95. The molecular formula is C21H27F2NO2. The summed E-state index contributed by atoms with van der Waals surface area (Å²) >= 11 is 0. The maximum absolute atomic E-state index is 12.9. The van der Waals surface area contributed by atoms with Crippen LogP contribution in [0.1, 0.15) is 68.1 Å². The normalized spacial score (nSPS) is 32.6. The van der Waals surface area contributed by atoms with Crippen LogP contribution in [0.4, 0.5) is 8.78 Å². The summed E-state index contributed by atoms with van der Waals surface area (Å²) in [6, 6.07) is 5.35. The van der Waals surface area contributed by atoms with E-state index in [1.54, 1.807) is 19.9 Å². The Hall–Kier alpha value is -1.49. The van der Waals surface area contributed by atoms with E-state index >= 15 is 0 Å². The molecule has 4 rings (SSSR count). The molecule has 1 heterocycles. The van der Waals surface area contributed by atoms with Crippen molar-refractivity contribution in [1.29, 1.82) is 0 Å². The summed E-state index contributed by atoms with van der Waals surface area (Å²) < 4.78 is 25.9. The van der Waals surface area contributed by atoms with Gasteiger partial charge in [0, 0.05) is 30.0 Å². The number of likely N-dealkylation sites (tertiary alicyclic amines) is 1. The van der Waals surface area contributed by atoms with Gasteiger partial charge >= 0.3 is 0 Å². The van der Waals surface area contributed by atoms with Crippen LogP contribution < -0.4 is 0 Å². The summed E-state index contributed by atoms with van der Waals surface area (Å²) in [6.45, 7) is 5.17. The lowest BCUT2D eigenvalue weighted by Crippen LogP contribution is -2.61. The van der Waals surface area contributed by atoms with Gasteiger partial charge in [0.25, 0.3) is 6.43 Å². The quantitative estimate of drug-likeness (QED) is 0.875. The highest BCUT2D eigenvalue weighted by atomic mass is 19.3. The van der Waals surface area contributed by atoms with Crippen LogP contribution in [0.5, 0.6) is 0 Å². The molecule has 5 heteroatoms. The van der Waals surface area contributed by atoms with Crippen molar-refractivity contribution < 1.29 is 18.7 Å². The molecule has 1 atom stereocenters. The van der Waals surface area contributed by atoms with E-state index in [0.717, 1.165) is 37.9 Å². The van der Waals surface area contributed by atoms with Crippen LogP contribution in [0.15, 0.2) is 18.2 Å². The molecule has 1 aromatic rings. The second-order valence-corrected chi connectivity index (χ2v) is 9.15. The van der Waals surface area contributed by atoms with Crippen LogP contribution in [0, 0.1) is 18.3 Å². The molecule has 0 aromatic heterocycles. The van der Waals surface area contributed by atoms with Crippen molar-refractivity contribution in [3.63, 3.8) is 0 Å². The maximum atomic E-state index is 12.9. The molecule has 1 N–H and O–H groups in total. The van der Waals surface area contributed by atoms with Crippen LogP contribution in [0.2, 0.25) is 0 Å². The van der Waals surface area contributed by atoms with Gasteiger partial charge in [-0.25, -0.2) is 8.78 Å². The topological polar surface area (TPSA) is 40.5 Å². The van der Waals surface area contributed by atoms with Crippen molar-refractivity contribution in [3.8, 4) is 0 Å². The highest BCUT2D eigenvalue weighted by Crippen LogP contribution is 2.53. The fourth-order valence-corrected chi connectivity index (χ4v) is 5.33. The van der Waals surface area contributed by atoms with E-state index in [1.165, 1.54) is 0 Å². The standard InChI is InChI=1S/C21H27F2NO2/c1-13-7-14(3-4-17(13)18(22)23)15-5-6-21(10-15)11-24(12-21)19(25)16-8-20(2,26)9-16/h3-4,7,15-16,18,26H,5-6,8-12H2,1-2H3. The van der Waals surface area contributed by atoms with Gasteiger partial charge in [-0.2, -0.15) is 0 Å². The Morgan fingerprint density at radius 3 is 2.54 bits per heavy atom. The van der Waals surface area contributed by atoms with Crippen molar-refractivity contribution in [3.05, 3.63) is 34.9 Å². The van der Waals surface area contributed by atoms with E-state index in [-0.39, 0.29) is 22.8 Å². The number of aryl methyl sites for hydroxylation is 1. The Morgan fingerprint density at radius 1 is 1.27 bits per heavy atom. The third-order valence-electron chi connectivity index (χ3n) is 6.79. The number of amides is 1. The number of hydrogen-bond acceptors (Lipinski definition) is 2. The van der Waals surface area contributed by atoms with Gasteiger partial charge in [-0.3, -0.25) is 4.79 Å². The van der Waals surface area contributed by atoms with Gasteiger partial charge in [-0.15, -0.1) is 0 Å². The minimum absolute atomic E-state index is 0.0101. The minimum atomic E-state index is -2.42. The van der Waals surface area contributed by atoms with E-state index in [4.69, 9.17) is 0 Å². The first-order chi connectivity index (χ1) is 12.2. The van der Waals surface area contributed by atoms with E-state index in [2.05, 4.69) is 0 Å². The molecule has 3 nitrogen and oxygen atoms in total. The fourth-order valence-electron chi connectivity index (χ4n) is 5.33. The Morgan fingerprint density at radius 2 is 1.96 bits per heavy atom. The van der Waals surface area contributed by atoms with Gasteiger partial charge < -0.3 is 10.0 Å². The molecule has 2 saturated carbocycles. The lowest BCUT2D eigenvalue weighted by Gasteiger charge is -2.52. The van der Waals surface area contributed by atoms with Crippen molar-refractivity contribution in [2.75, 3.05) is 13.1 Å². The highest BCUT2D eigenvalue weighted by molar-refractivity contribution is 5.81. The molecule has 142 valence electrons. The number of carbonyl (C=O) groups is 1. The zero-order chi connectivity index (χ0) is 18.7. The molecule has 26 heavy (non-hydrogen) atoms. The molecule has 1 aromatic carbocycles. The summed E-state index contributed by atoms with van der Waals surface area (Å²) in [6.07, 6.45) is 1.93. The number of benzene rings is 1. The highest BCUT2D eigenvalue weighted by Gasteiger charge is 2.53. The molecule has 1 unspecified atom stereocenters. The minimum Gasteiger partial charge on any atom is -0.390 e. The summed E-state index contributed by atoms with van der Waals surface area (Å²) in [5.74, 6) is 0.592. The third kappa shape index (κ3) is 3.04. The van der Waals surface area contributed by atoms with Crippen LogP contribution in [-0.4, -0.2) is 34.6 Å². The van der Waals surface area contributed by atoms with Gasteiger partial charge in [0.05, 0.1) is 5.60 Å². The molecule has 2 aliphatic carbocycles. The van der Waals surface area contributed by atoms with Crippen molar-refractivity contribution in [1.82, 2.24) is 4.90 Å². The Balaban J connectivity index is 1.35. The zero-order valence-corrected chi connectivity index (χ0v) is 15.5. The monoisotopic (exact) mass is 363 g/mol. The Bertz CT molecular complexity index is 717. The summed E-state index contributed by atoms with van der Waals surface area (Å²) in [5, 5.41) is 9.83. The predicted molar refractivity (Wildman–Crippen MR) is 95.1 cm³/mol. The number of halogens is 2. The first-order valence-electron chi connectivity index (χ1n) is 9.58. The average molecular weight is 363 g/mol. The molecule has 1 saturated heterocycles. The molecule has 0 bridgehead atoms. The number of aliphatic hydroxyl groups is 1. The molecule has 1 aliphatic heterocycles. The second kappa shape index (κ2) is 6.01. The number of alkyl halides is 2. The van der Waals surface area contributed by atoms with E-state index < -0.39 is 12.0 Å². The lowest BCUT2D eigenvalue weighted by atomic mass is 9.69. The maximum Gasteiger partial charge on any atom is 0.264 e. The molecule has 1 amide bonds. The first-order valence-corrected chi connectivity index (χ1v) is 9.58. The molecular weight excluding hydrogens is 336 g/mol. The van der Waals surface area contributed by atoms with Gasteiger partial charge in [-0.05, 0) is 63.0 Å². The molecule has 3 fully saturated rings. The third-order valence-corrected chi connectivity index (χ3v) is 6.79. The van der Waals surface area contributed by atoms with Crippen LogP contribution in [0.3, 0.4) is 0 Å². The smallest absolute Gasteiger partial charge is 0.264 e.